The van der Waals surface area contributed by atoms with E-state index in [2.05, 4.69) is 6.07 Å². The molecule has 0 radical (unpaired) electrons. The fraction of sp³-hybridized carbons (Fsp3) is 0.160. The summed E-state index contributed by atoms with van der Waals surface area (Å²) in [6, 6.07) is 18.6. The summed E-state index contributed by atoms with van der Waals surface area (Å²) in [4.78, 5) is 0.0393. The van der Waals surface area contributed by atoms with Crippen molar-refractivity contribution in [2.24, 2.45) is 0 Å². The lowest BCUT2D eigenvalue weighted by Crippen LogP contribution is -2.11. The first-order valence-electron chi connectivity index (χ1n) is 10.1. The van der Waals surface area contributed by atoms with Crippen molar-refractivity contribution >= 4 is 44.4 Å². The van der Waals surface area contributed by atoms with E-state index in [1.807, 2.05) is 22.6 Å². The van der Waals surface area contributed by atoms with E-state index in [-0.39, 0.29) is 16.4 Å². The molecule has 9 heteroatoms. The van der Waals surface area contributed by atoms with E-state index >= 15 is 0 Å². The molecule has 3 aromatic rings. The second kappa shape index (κ2) is 11.3. The summed E-state index contributed by atoms with van der Waals surface area (Å²) in [6.07, 6.45) is 1.68. The van der Waals surface area contributed by atoms with E-state index in [9.17, 15) is 13.7 Å². The highest BCUT2D eigenvalue weighted by Crippen LogP contribution is 2.38. The summed E-state index contributed by atoms with van der Waals surface area (Å²) in [6.45, 7) is 2.08. The molecule has 0 aliphatic heterocycles. The average Bonchev–Trinajstić information content (AvgIpc) is 2.85. The van der Waals surface area contributed by atoms with Crippen LogP contribution in [0.2, 0.25) is 0 Å². The minimum Gasteiger partial charge on any atom is -0.493 e. The van der Waals surface area contributed by atoms with Gasteiger partial charge in [0.1, 0.15) is 4.90 Å². The lowest BCUT2D eigenvalue weighted by Gasteiger charge is -2.15. The fourth-order valence-corrected chi connectivity index (χ4v) is 4.97. The molecule has 3 aromatic carbocycles. The van der Waals surface area contributed by atoms with Gasteiger partial charge in [-0.2, -0.15) is 13.7 Å². The Morgan fingerprint density at radius 2 is 1.71 bits per heavy atom. The molecule has 0 N–H and O–H groups in total. The van der Waals surface area contributed by atoms with Gasteiger partial charge in [-0.05, 0) is 89.2 Å². The van der Waals surface area contributed by atoms with Crippen LogP contribution in [0, 0.1) is 14.9 Å². The molecule has 0 bridgehead atoms. The van der Waals surface area contributed by atoms with Crippen LogP contribution in [0.15, 0.2) is 65.6 Å². The van der Waals surface area contributed by atoms with Crippen LogP contribution in [-0.2, 0) is 10.1 Å². The molecule has 0 spiro atoms. The first-order valence-corrected chi connectivity index (χ1v) is 12.6. The number of ether oxygens (including phenoxy) is 3. The Morgan fingerprint density at radius 3 is 2.32 bits per heavy atom. The Kier molecular flexibility index (Phi) is 8.41. The molecular weight excluding hydrogens is 569 g/mol. The Balaban J connectivity index is 2.04. The van der Waals surface area contributed by atoms with Gasteiger partial charge in [0.2, 0.25) is 0 Å². The number of methoxy groups -OCH3 is 2. The van der Waals surface area contributed by atoms with Crippen LogP contribution in [-0.4, -0.2) is 29.2 Å². The number of halogens is 1. The van der Waals surface area contributed by atoms with Crippen molar-refractivity contribution < 1.29 is 26.8 Å². The van der Waals surface area contributed by atoms with Crippen LogP contribution in [0.3, 0.4) is 0 Å². The average molecular weight is 591 g/mol. The maximum absolute atomic E-state index is 12.8. The molecule has 3 rings (SSSR count). The number of hydrogen-bond donors (Lipinski definition) is 0. The molecule has 0 atom stereocenters. The Hall–Kier alpha value is -3.23. The lowest BCUT2D eigenvalue weighted by molar-refractivity contribution is 0.327. The van der Waals surface area contributed by atoms with Gasteiger partial charge in [0.15, 0.2) is 23.0 Å². The van der Waals surface area contributed by atoms with Crippen LogP contribution >= 0.6 is 22.6 Å². The number of nitriles is 1. The molecule has 34 heavy (non-hydrogen) atoms. The molecule has 0 fully saturated rings. The molecule has 176 valence electrons. The molecule has 0 amide bonds. The van der Waals surface area contributed by atoms with Crippen molar-refractivity contribution in [3.8, 4) is 29.1 Å². The van der Waals surface area contributed by atoms with Crippen molar-refractivity contribution in [1.29, 1.82) is 5.26 Å². The fourth-order valence-electron chi connectivity index (χ4n) is 3.11. The molecule has 0 heterocycles. The topological polar surface area (TPSA) is 94.8 Å². The Morgan fingerprint density at radius 1 is 1.00 bits per heavy atom. The van der Waals surface area contributed by atoms with Gasteiger partial charge in [0.05, 0.1) is 36.0 Å². The van der Waals surface area contributed by atoms with Crippen LogP contribution in [0.5, 0.6) is 23.0 Å². The zero-order chi connectivity index (χ0) is 24.7. The Bertz CT molecular complexity index is 1350. The largest absolute Gasteiger partial charge is 0.493 e. The summed E-state index contributed by atoms with van der Waals surface area (Å²) in [5, 5.41) is 9.78. The molecule has 0 saturated carbocycles. The van der Waals surface area contributed by atoms with Crippen molar-refractivity contribution in [3.63, 3.8) is 0 Å². The summed E-state index contributed by atoms with van der Waals surface area (Å²) in [5.74, 6) is 1.40. The normalized spacial score (nSPS) is 11.4. The maximum Gasteiger partial charge on any atom is 0.339 e. The van der Waals surface area contributed by atoms with Gasteiger partial charge in [-0.15, -0.1) is 0 Å². The summed E-state index contributed by atoms with van der Waals surface area (Å²) in [5.41, 5.74) is 1.66. The molecular formula is C25H22INO6S. The quantitative estimate of drug-likeness (QED) is 0.140. The lowest BCUT2D eigenvalue weighted by atomic mass is 10.0. The van der Waals surface area contributed by atoms with Crippen molar-refractivity contribution in [2.75, 3.05) is 20.8 Å². The first kappa shape index (κ1) is 25.4. The minimum absolute atomic E-state index is 0.0393. The van der Waals surface area contributed by atoms with Crippen molar-refractivity contribution in [2.45, 2.75) is 11.8 Å². The van der Waals surface area contributed by atoms with E-state index in [1.54, 1.807) is 61.5 Å². The zero-order valence-electron chi connectivity index (χ0n) is 18.7. The number of allylic oxidation sites excluding steroid dienone is 1. The van der Waals surface area contributed by atoms with Crippen molar-refractivity contribution in [3.05, 3.63) is 75.4 Å². The van der Waals surface area contributed by atoms with Crippen LogP contribution in [0.1, 0.15) is 18.1 Å². The van der Waals surface area contributed by atoms with Gasteiger partial charge in [-0.25, -0.2) is 0 Å². The van der Waals surface area contributed by atoms with Crippen LogP contribution in [0.25, 0.3) is 11.6 Å². The van der Waals surface area contributed by atoms with Gasteiger partial charge in [0.25, 0.3) is 0 Å². The van der Waals surface area contributed by atoms with Crippen LogP contribution < -0.4 is 18.4 Å². The summed E-state index contributed by atoms with van der Waals surface area (Å²) >= 11 is 1.99. The molecule has 0 aliphatic rings. The highest BCUT2D eigenvalue weighted by atomic mass is 127. The predicted molar refractivity (Wildman–Crippen MR) is 138 cm³/mol. The molecule has 0 unspecified atom stereocenters. The third kappa shape index (κ3) is 5.81. The van der Waals surface area contributed by atoms with E-state index in [4.69, 9.17) is 18.4 Å². The maximum atomic E-state index is 12.8. The summed E-state index contributed by atoms with van der Waals surface area (Å²) < 4.78 is 47.8. The first-order chi connectivity index (χ1) is 16.3. The standard InChI is InChI=1S/C25H22INO6S/c1-4-32-24-14-17(12-19(16-27)18-10-11-22(30-2)23(15-18)31-3)13-21(26)25(24)33-34(28,29)20-8-6-5-7-9-20/h5-15H,4H2,1-3H3/b19-12+. The number of rotatable bonds is 9. The van der Waals surface area contributed by atoms with Gasteiger partial charge < -0.3 is 18.4 Å². The van der Waals surface area contributed by atoms with Gasteiger partial charge >= 0.3 is 10.1 Å². The Labute approximate surface area is 212 Å². The number of benzene rings is 3. The van der Waals surface area contributed by atoms with Gasteiger partial charge in [-0.1, -0.05) is 18.2 Å². The minimum atomic E-state index is -4.05. The van der Waals surface area contributed by atoms with E-state index in [0.717, 1.165) is 0 Å². The number of hydrogen-bond acceptors (Lipinski definition) is 7. The van der Waals surface area contributed by atoms with Crippen LogP contribution in [0.4, 0.5) is 0 Å². The highest BCUT2D eigenvalue weighted by molar-refractivity contribution is 14.1. The molecule has 7 nitrogen and oxygen atoms in total. The van der Waals surface area contributed by atoms with E-state index in [0.29, 0.717) is 38.4 Å². The third-order valence-corrected chi connectivity index (χ3v) is 6.72. The van der Waals surface area contributed by atoms with Gasteiger partial charge in [0, 0.05) is 0 Å². The highest BCUT2D eigenvalue weighted by Gasteiger charge is 2.22. The number of nitrogens with zero attached hydrogens (tertiary/aromatic N) is 1. The second-order valence-electron chi connectivity index (χ2n) is 6.85. The van der Waals surface area contributed by atoms with E-state index < -0.39 is 10.1 Å². The zero-order valence-corrected chi connectivity index (χ0v) is 21.7. The summed E-state index contributed by atoms with van der Waals surface area (Å²) in [7, 11) is -0.990. The van der Waals surface area contributed by atoms with E-state index in [1.165, 1.54) is 26.4 Å². The van der Waals surface area contributed by atoms with Crippen molar-refractivity contribution in [1.82, 2.24) is 0 Å². The molecule has 0 aromatic heterocycles. The smallest absolute Gasteiger partial charge is 0.339 e. The predicted octanol–water partition coefficient (Wildman–Crippen LogP) is 5.54. The molecule has 0 aliphatic carbocycles. The second-order valence-corrected chi connectivity index (χ2v) is 9.56. The SMILES string of the molecule is CCOc1cc(/C=C(\C#N)c2ccc(OC)c(OC)c2)cc(I)c1OS(=O)(=O)c1ccccc1. The molecule has 0 saturated heterocycles. The third-order valence-electron chi connectivity index (χ3n) is 4.68. The monoisotopic (exact) mass is 591 g/mol. The van der Waals surface area contributed by atoms with Gasteiger partial charge in [-0.3, -0.25) is 0 Å².